The van der Waals surface area contributed by atoms with Gasteiger partial charge in [-0.2, -0.15) is 0 Å². The minimum Gasteiger partial charge on any atom is -0.462 e. The lowest BCUT2D eigenvalue weighted by Gasteiger charge is -2.20. The van der Waals surface area contributed by atoms with Crippen molar-refractivity contribution < 1.29 is 47.8 Å². The van der Waals surface area contributed by atoms with Crippen LogP contribution in [-0.2, 0) is 32.7 Å². The Morgan fingerprint density at radius 3 is 1.52 bits per heavy atom. The van der Waals surface area contributed by atoms with Crippen LogP contribution < -0.4 is 0 Å². The largest absolute Gasteiger partial charge is 0.472 e. The van der Waals surface area contributed by atoms with E-state index < -0.39 is 51.8 Å². The highest BCUT2D eigenvalue weighted by molar-refractivity contribution is 7.47. The average molecular weight is 761 g/mol. The Morgan fingerprint density at radius 1 is 0.577 bits per heavy atom. The molecule has 306 valence electrons. The molecule has 0 aliphatic carbocycles. The third-order valence-corrected chi connectivity index (χ3v) is 9.81. The SMILES string of the molecule is CCCCC/C=C\C/C=C\CCCCCCCC(=O)O[C@H](COC(=O)CCCCCCCCCCCCCCCC)COP(=O)(O)OC[C@@H](O)CO. The second kappa shape index (κ2) is 37.8. The van der Waals surface area contributed by atoms with E-state index in [0.29, 0.717) is 12.8 Å². The molecule has 0 aliphatic heterocycles. The summed E-state index contributed by atoms with van der Waals surface area (Å²) >= 11 is 0. The van der Waals surface area contributed by atoms with Crippen molar-refractivity contribution >= 4 is 19.8 Å². The van der Waals surface area contributed by atoms with Crippen molar-refractivity contribution in [1.29, 1.82) is 0 Å². The molecular formula is C41H77O10P. The predicted molar refractivity (Wildman–Crippen MR) is 210 cm³/mol. The van der Waals surface area contributed by atoms with Crippen LogP contribution in [0.2, 0.25) is 0 Å². The number of carbonyl (C=O) groups is 2. The molecule has 0 saturated carbocycles. The molecule has 0 aromatic rings. The first-order chi connectivity index (χ1) is 25.2. The highest BCUT2D eigenvalue weighted by Crippen LogP contribution is 2.43. The molecule has 3 atom stereocenters. The molecular weight excluding hydrogens is 683 g/mol. The lowest BCUT2D eigenvalue weighted by Crippen LogP contribution is -2.29. The van der Waals surface area contributed by atoms with Crippen LogP contribution in [0.5, 0.6) is 0 Å². The first-order valence-corrected chi connectivity index (χ1v) is 22.3. The Kier molecular flexibility index (Phi) is 36.6. The Morgan fingerprint density at radius 2 is 1.00 bits per heavy atom. The summed E-state index contributed by atoms with van der Waals surface area (Å²) in [7, 11) is -4.61. The quantitative estimate of drug-likeness (QED) is 0.0239. The molecule has 1 unspecified atom stereocenters. The number of unbranched alkanes of at least 4 members (excludes halogenated alkanes) is 21. The van der Waals surface area contributed by atoms with Crippen LogP contribution in [0, 0.1) is 0 Å². The van der Waals surface area contributed by atoms with Gasteiger partial charge in [0.25, 0.3) is 0 Å². The molecule has 0 amide bonds. The number of ether oxygens (including phenoxy) is 2. The predicted octanol–water partition coefficient (Wildman–Crippen LogP) is 10.6. The van der Waals surface area contributed by atoms with Crippen molar-refractivity contribution in [3.8, 4) is 0 Å². The van der Waals surface area contributed by atoms with Crippen molar-refractivity contribution in [2.45, 2.75) is 199 Å². The molecule has 0 fully saturated rings. The van der Waals surface area contributed by atoms with E-state index in [1.54, 1.807) is 0 Å². The summed E-state index contributed by atoms with van der Waals surface area (Å²) in [6.07, 6.45) is 35.7. The maximum atomic E-state index is 12.6. The monoisotopic (exact) mass is 761 g/mol. The van der Waals surface area contributed by atoms with Crippen LogP contribution in [-0.4, -0.2) is 65.7 Å². The van der Waals surface area contributed by atoms with Crippen molar-refractivity contribution in [1.82, 2.24) is 0 Å². The maximum absolute atomic E-state index is 12.6. The van der Waals surface area contributed by atoms with Gasteiger partial charge in [-0.15, -0.1) is 0 Å². The highest BCUT2D eigenvalue weighted by Gasteiger charge is 2.27. The van der Waals surface area contributed by atoms with Crippen LogP contribution >= 0.6 is 7.82 Å². The average Bonchev–Trinajstić information content (AvgIpc) is 3.13. The van der Waals surface area contributed by atoms with Crippen LogP contribution in [0.3, 0.4) is 0 Å². The zero-order chi connectivity index (χ0) is 38.4. The molecule has 0 radical (unpaired) electrons. The third kappa shape index (κ3) is 36.8. The number of esters is 2. The molecule has 52 heavy (non-hydrogen) atoms. The van der Waals surface area contributed by atoms with Gasteiger partial charge in [0, 0.05) is 12.8 Å². The summed E-state index contributed by atoms with van der Waals surface area (Å²) in [5.41, 5.74) is 0. The molecule has 0 rings (SSSR count). The van der Waals surface area contributed by atoms with Crippen molar-refractivity contribution in [2.24, 2.45) is 0 Å². The van der Waals surface area contributed by atoms with Gasteiger partial charge in [0.05, 0.1) is 19.8 Å². The molecule has 0 saturated heterocycles. The van der Waals surface area contributed by atoms with E-state index in [-0.39, 0.29) is 19.4 Å². The summed E-state index contributed by atoms with van der Waals surface area (Å²) in [6.45, 7) is 2.34. The van der Waals surface area contributed by atoms with Gasteiger partial charge in [-0.3, -0.25) is 18.6 Å². The van der Waals surface area contributed by atoms with Gasteiger partial charge in [0.1, 0.15) is 12.7 Å². The Labute approximate surface area is 317 Å². The molecule has 0 spiro atoms. The van der Waals surface area contributed by atoms with Gasteiger partial charge in [0.2, 0.25) is 0 Å². The van der Waals surface area contributed by atoms with Gasteiger partial charge in [-0.05, 0) is 44.9 Å². The van der Waals surface area contributed by atoms with Crippen molar-refractivity contribution in [2.75, 3.05) is 26.4 Å². The zero-order valence-electron chi connectivity index (χ0n) is 33.0. The van der Waals surface area contributed by atoms with Gasteiger partial charge >= 0.3 is 19.8 Å². The maximum Gasteiger partial charge on any atom is 0.472 e. The smallest absolute Gasteiger partial charge is 0.462 e. The second-order valence-corrected chi connectivity index (χ2v) is 15.5. The van der Waals surface area contributed by atoms with Crippen molar-refractivity contribution in [3.05, 3.63) is 24.3 Å². The van der Waals surface area contributed by atoms with Crippen LogP contribution in [0.4, 0.5) is 0 Å². The summed E-state index contributed by atoms with van der Waals surface area (Å²) < 4.78 is 32.6. The van der Waals surface area contributed by atoms with E-state index in [4.69, 9.17) is 19.1 Å². The number of phosphoric acid groups is 1. The van der Waals surface area contributed by atoms with E-state index >= 15 is 0 Å². The minimum atomic E-state index is -4.61. The molecule has 0 bridgehead atoms. The number of allylic oxidation sites excluding steroid dienone is 4. The summed E-state index contributed by atoms with van der Waals surface area (Å²) in [5.74, 6) is -0.935. The lowest BCUT2D eigenvalue weighted by molar-refractivity contribution is -0.161. The van der Waals surface area contributed by atoms with Gasteiger partial charge < -0.3 is 24.6 Å². The first kappa shape index (κ1) is 50.5. The zero-order valence-corrected chi connectivity index (χ0v) is 33.9. The minimum absolute atomic E-state index is 0.171. The van der Waals surface area contributed by atoms with E-state index in [0.717, 1.165) is 64.2 Å². The van der Waals surface area contributed by atoms with E-state index in [1.807, 2.05) is 0 Å². The number of rotatable bonds is 39. The third-order valence-electron chi connectivity index (χ3n) is 8.86. The number of hydrogen-bond donors (Lipinski definition) is 3. The first-order valence-electron chi connectivity index (χ1n) is 20.8. The van der Waals surface area contributed by atoms with Gasteiger partial charge in [-0.25, -0.2) is 4.57 Å². The van der Waals surface area contributed by atoms with E-state index in [9.17, 15) is 24.2 Å². The Bertz CT molecular complexity index is 925. The van der Waals surface area contributed by atoms with Gasteiger partial charge in [-0.1, -0.05) is 154 Å². The normalized spacial score (nSPS) is 14.2. The fourth-order valence-corrected chi connectivity index (χ4v) is 6.40. The second-order valence-electron chi connectivity index (χ2n) is 14.0. The molecule has 0 heterocycles. The summed E-state index contributed by atoms with van der Waals surface area (Å²) in [5, 5.41) is 18.3. The molecule has 11 heteroatoms. The highest BCUT2D eigenvalue weighted by atomic mass is 31.2. The van der Waals surface area contributed by atoms with Crippen molar-refractivity contribution in [3.63, 3.8) is 0 Å². The summed E-state index contributed by atoms with van der Waals surface area (Å²) in [6, 6.07) is 0. The van der Waals surface area contributed by atoms with E-state index in [2.05, 4.69) is 42.7 Å². The molecule has 0 aromatic heterocycles. The lowest BCUT2D eigenvalue weighted by atomic mass is 10.0. The van der Waals surface area contributed by atoms with Crippen LogP contribution in [0.25, 0.3) is 0 Å². The van der Waals surface area contributed by atoms with Crippen LogP contribution in [0.1, 0.15) is 187 Å². The Balaban J connectivity index is 4.33. The number of hydrogen-bond acceptors (Lipinski definition) is 9. The van der Waals surface area contributed by atoms with E-state index in [1.165, 1.54) is 83.5 Å². The fourth-order valence-electron chi connectivity index (χ4n) is 5.61. The fraction of sp³-hybridized carbons (Fsp3) is 0.854. The topological polar surface area (TPSA) is 149 Å². The molecule has 0 aliphatic rings. The van der Waals surface area contributed by atoms with Gasteiger partial charge in [0.15, 0.2) is 6.10 Å². The standard InChI is InChI=1S/C41H77O10P/c1-3-5-7-9-11-13-15-17-19-21-23-25-27-29-31-33-41(45)51-39(37-50-52(46,47)49-35-38(43)34-42)36-48-40(44)32-30-28-26-24-22-20-18-16-14-12-10-8-6-4-2/h11,13,17,19,38-39,42-43H,3-10,12,14-16,18,20-37H2,1-2H3,(H,46,47)/b13-11-,19-17-/t38-,39+/m0/s1. The Hall–Kier alpha value is -1.55. The van der Waals surface area contributed by atoms with Crippen LogP contribution in [0.15, 0.2) is 24.3 Å². The molecule has 0 aromatic carbocycles. The number of aliphatic hydroxyl groups excluding tert-OH is 2. The number of aliphatic hydroxyl groups is 2. The molecule has 10 nitrogen and oxygen atoms in total. The number of phosphoric ester groups is 1. The number of carbonyl (C=O) groups excluding carboxylic acids is 2. The summed E-state index contributed by atoms with van der Waals surface area (Å²) in [4.78, 5) is 34.9. The molecule has 3 N–H and O–H groups in total.